The smallest absolute Gasteiger partial charge is 0.339 e. The third kappa shape index (κ3) is 5.95. The topological polar surface area (TPSA) is 135 Å². The minimum Gasteiger partial charge on any atom is -0.484 e. The first-order chi connectivity index (χ1) is 16.2. The SMILES string of the molecule is CCCC(NC(=O)[C@H](NC(=O)COc1ccc2c3c(c(=O)oc2c1)CCCC3)C(C)C)C(=O)O. The van der Waals surface area contributed by atoms with Gasteiger partial charge >= 0.3 is 11.6 Å². The van der Waals surface area contributed by atoms with Crippen LogP contribution in [0.2, 0.25) is 0 Å². The maximum atomic E-state index is 12.6. The summed E-state index contributed by atoms with van der Waals surface area (Å²) in [7, 11) is 0. The van der Waals surface area contributed by atoms with E-state index in [1.54, 1.807) is 26.0 Å². The van der Waals surface area contributed by atoms with Gasteiger partial charge in [-0.3, -0.25) is 9.59 Å². The van der Waals surface area contributed by atoms with E-state index in [0.717, 1.165) is 42.2 Å². The monoisotopic (exact) mass is 472 g/mol. The molecule has 9 nitrogen and oxygen atoms in total. The number of carboxylic acid groups (broad SMARTS) is 1. The van der Waals surface area contributed by atoms with Gasteiger partial charge in [-0.1, -0.05) is 27.2 Å². The summed E-state index contributed by atoms with van der Waals surface area (Å²) in [5, 5.41) is 15.3. The Morgan fingerprint density at radius 2 is 1.82 bits per heavy atom. The molecule has 9 heteroatoms. The number of fused-ring (bicyclic) bond motifs is 3. The van der Waals surface area contributed by atoms with Crippen LogP contribution in [0.1, 0.15) is 57.6 Å². The summed E-state index contributed by atoms with van der Waals surface area (Å²) in [6.07, 6.45) is 4.45. The molecular weight excluding hydrogens is 440 g/mol. The van der Waals surface area contributed by atoms with E-state index in [0.29, 0.717) is 24.2 Å². The van der Waals surface area contributed by atoms with E-state index in [9.17, 15) is 24.3 Å². The molecule has 1 aromatic carbocycles. The molecule has 0 aliphatic heterocycles. The molecule has 1 aromatic heterocycles. The molecule has 2 aromatic rings. The first-order valence-electron chi connectivity index (χ1n) is 11.7. The van der Waals surface area contributed by atoms with Gasteiger partial charge in [0.2, 0.25) is 5.91 Å². The summed E-state index contributed by atoms with van der Waals surface area (Å²) in [6, 6.07) is 3.23. The van der Waals surface area contributed by atoms with Crippen LogP contribution in [-0.4, -0.2) is 41.6 Å². The summed E-state index contributed by atoms with van der Waals surface area (Å²) >= 11 is 0. The summed E-state index contributed by atoms with van der Waals surface area (Å²) in [6.45, 7) is 4.99. The standard InChI is InChI=1S/C25H32N2O7/c1-4-7-19(24(30)31)26-23(29)22(14(2)3)27-21(28)13-33-15-10-11-17-16-8-5-6-9-18(16)25(32)34-20(17)12-15/h10-12,14,19,22H,4-9,13H2,1-3H3,(H,26,29)(H,27,28)(H,30,31)/t19?,22-/m1/s1. The number of carbonyl (C=O) groups excluding carboxylic acids is 2. The molecular formula is C25H32N2O7. The summed E-state index contributed by atoms with van der Waals surface area (Å²) in [5.41, 5.74) is 1.86. The molecule has 1 heterocycles. The van der Waals surface area contributed by atoms with Crippen molar-refractivity contribution < 1.29 is 28.6 Å². The number of carbonyl (C=O) groups is 3. The van der Waals surface area contributed by atoms with Gasteiger partial charge in [0, 0.05) is 17.0 Å². The number of aliphatic carboxylic acids is 1. The van der Waals surface area contributed by atoms with E-state index in [-0.39, 0.29) is 18.2 Å². The van der Waals surface area contributed by atoms with Crippen LogP contribution in [-0.2, 0) is 27.2 Å². The molecule has 184 valence electrons. The highest BCUT2D eigenvalue weighted by molar-refractivity contribution is 5.91. The number of hydrogen-bond donors (Lipinski definition) is 3. The molecule has 0 saturated carbocycles. The fourth-order valence-corrected chi connectivity index (χ4v) is 4.22. The predicted octanol–water partition coefficient (Wildman–Crippen LogP) is 2.56. The first-order valence-corrected chi connectivity index (χ1v) is 11.7. The minimum atomic E-state index is -1.11. The number of amides is 2. The van der Waals surface area contributed by atoms with Crippen molar-refractivity contribution in [2.75, 3.05) is 6.61 Å². The molecule has 2 amide bonds. The van der Waals surface area contributed by atoms with Gasteiger partial charge in [0.1, 0.15) is 23.4 Å². The molecule has 34 heavy (non-hydrogen) atoms. The zero-order chi connectivity index (χ0) is 24.8. The van der Waals surface area contributed by atoms with Crippen LogP contribution < -0.4 is 21.0 Å². The van der Waals surface area contributed by atoms with Gasteiger partial charge in [0.25, 0.3) is 5.91 Å². The van der Waals surface area contributed by atoms with Gasteiger partial charge in [-0.15, -0.1) is 0 Å². The van der Waals surface area contributed by atoms with Crippen LogP contribution in [0.4, 0.5) is 0 Å². The molecule has 0 saturated heterocycles. The number of aryl methyl sites for hydroxylation is 1. The van der Waals surface area contributed by atoms with Crippen molar-refractivity contribution in [3.63, 3.8) is 0 Å². The zero-order valence-electron chi connectivity index (χ0n) is 19.8. The Balaban J connectivity index is 1.65. The second-order valence-corrected chi connectivity index (χ2v) is 8.98. The second-order valence-electron chi connectivity index (χ2n) is 8.98. The Morgan fingerprint density at radius 1 is 1.12 bits per heavy atom. The number of rotatable bonds is 10. The quantitative estimate of drug-likeness (QED) is 0.452. The van der Waals surface area contributed by atoms with Crippen molar-refractivity contribution >= 4 is 28.8 Å². The van der Waals surface area contributed by atoms with Crippen molar-refractivity contribution in [1.82, 2.24) is 10.6 Å². The van der Waals surface area contributed by atoms with E-state index < -0.39 is 29.9 Å². The van der Waals surface area contributed by atoms with Crippen LogP contribution in [0.25, 0.3) is 11.0 Å². The van der Waals surface area contributed by atoms with Crippen LogP contribution in [0.3, 0.4) is 0 Å². The predicted molar refractivity (Wildman–Crippen MR) is 126 cm³/mol. The Morgan fingerprint density at radius 3 is 2.47 bits per heavy atom. The highest BCUT2D eigenvalue weighted by Crippen LogP contribution is 2.29. The summed E-state index contributed by atoms with van der Waals surface area (Å²) < 4.78 is 11.1. The van der Waals surface area contributed by atoms with E-state index in [1.165, 1.54) is 0 Å². The van der Waals surface area contributed by atoms with Gasteiger partial charge in [0.15, 0.2) is 6.61 Å². The minimum absolute atomic E-state index is 0.263. The average Bonchev–Trinajstić information content (AvgIpc) is 2.80. The molecule has 3 rings (SSSR count). The Kier molecular flexibility index (Phi) is 8.31. The number of carboxylic acids is 1. The fourth-order valence-electron chi connectivity index (χ4n) is 4.22. The lowest BCUT2D eigenvalue weighted by molar-refractivity contribution is -0.142. The Hall–Kier alpha value is -3.36. The molecule has 0 fully saturated rings. The van der Waals surface area contributed by atoms with Crippen molar-refractivity contribution in [3.05, 3.63) is 39.7 Å². The first kappa shape index (κ1) is 25.3. The average molecular weight is 473 g/mol. The number of ether oxygens (including phenoxy) is 1. The van der Waals surface area contributed by atoms with Crippen molar-refractivity contribution in [1.29, 1.82) is 0 Å². The highest BCUT2D eigenvalue weighted by atomic mass is 16.5. The van der Waals surface area contributed by atoms with Gasteiger partial charge in [-0.2, -0.15) is 0 Å². The largest absolute Gasteiger partial charge is 0.484 e. The molecule has 0 radical (unpaired) electrons. The Bertz CT molecular complexity index is 1120. The molecule has 1 unspecified atom stereocenters. The summed E-state index contributed by atoms with van der Waals surface area (Å²) in [4.78, 5) is 48.8. The molecule has 0 bridgehead atoms. The maximum absolute atomic E-state index is 12.6. The second kappa shape index (κ2) is 11.2. The van der Waals surface area contributed by atoms with Gasteiger partial charge in [-0.25, -0.2) is 9.59 Å². The van der Waals surface area contributed by atoms with Crippen molar-refractivity contribution in [3.8, 4) is 5.75 Å². The van der Waals surface area contributed by atoms with Crippen LogP contribution in [0.15, 0.2) is 27.4 Å². The third-order valence-corrected chi connectivity index (χ3v) is 6.02. The highest BCUT2D eigenvalue weighted by Gasteiger charge is 2.28. The van der Waals surface area contributed by atoms with E-state index >= 15 is 0 Å². The molecule has 2 atom stereocenters. The lowest BCUT2D eigenvalue weighted by Crippen LogP contribution is -2.54. The van der Waals surface area contributed by atoms with Gasteiger partial charge in [-0.05, 0) is 55.7 Å². The van der Waals surface area contributed by atoms with Gasteiger partial charge in [0.05, 0.1) is 0 Å². The normalized spacial score (nSPS) is 14.8. The lowest BCUT2D eigenvalue weighted by atomic mass is 9.91. The number of hydrogen-bond acceptors (Lipinski definition) is 6. The number of benzene rings is 1. The molecule has 1 aliphatic rings. The zero-order valence-corrected chi connectivity index (χ0v) is 19.8. The van der Waals surface area contributed by atoms with E-state index in [4.69, 9.17) is 9.15 Å². The molecule has 1 aliphatic carbocycles. The third-order valence-electron chi connectivity index (χ3n) is 6.02. The van der Waals surface area contributed by atoms with Crippen LogP contribution >= 0.6 is 0 Å². The van der Waals surface area contributed by atoms with Crippen LogP contribution in [0, 0.1) is 5.92 Å². The lowest BCUT2D eigenvalue weighted by Gasteiger charge is -2.24. The van der Waals surface area contributed by atoms with Crippen molar-refractivity contribution in [2.45, 2.75) is 71.4 Å². The number of nitrogens with one attached hydrogen (secondary N) is 2. The maximum Gasteiger partial charge on any atom is 0.339 e. The van der Waals surface area contributed by atoms with Gasteiger partial charge < -0.3 is 24.9 Å². The van der Waals surface area contributed by atoms with E-state index in [1.807, 2.05) is 13.0 Å². The molecule has 3 N–H and O–H groups in total. The summed E-state index contributed by atoms with van der Waals surface area (Å²) in [5.74, 6) is -2.09. The van der Waals surface area contributed by atoms with Crippen molar-refractivity contribution in [2.24, 2.45) is 5.92 Å². The fraction of sp³-hybridized carbons (Fsp3) is 0.520. The van der Waals surface area contributed by atoms with E-state index in [2.05, 4.69) is 10.6 Å². The molecule has 0 spiro atoms. The van der Waals surface area contributed by atoms with Crippen LogP contribution in [0.5, 0.6) is 5.75 Å². The Labute approximate surface area is 197 Å².